The van der Waals surface area contributed by atoms with Gasteiger partial charge < -0.3 is 8.98 Å². The lowest BCUT2D eigenvalue weighted by Crippen LogP contribution is -2.00. The Bertz CT molecular complexity index is 2780. The van der Waals surface area contributed by atoms with Crippen LogP contribution in [-0.2, 0) is 0 Å². The van der Waals surface area contributed by atoms with E-state index < -0.39 is 0 Å². The van der Waals surface area contributed by atoms with Gasteiger partial charge in [-0.2, -0.15) is 0 Å². The number of hydrogen-bond donors (Lipinski definition) is 0. The molecule has 0 atom stereocenters. The normalized spacial score (nSPS) is 11.8. The monoisotopic (exact) mass is 614 g/mol. The second kappa shape index (κ2) is 10.5. The van der Waals surface area contributed by atoms with E-state index in [4.69, 9.17) is 19.4 Å². The Kier molecular flexibility index (Phi) is 5.81. The van der Waals surface area contributed by atoms with E-state index in [0.29, 0.717) is 17.5 Å². The Hall–Kier alpha value is -6.59. The predicted molar refractivity (Wildman–Crippen MR) is 195 cm³/mol. The first kappa shape index (κ1) is 26.6. The van der Waals surface area contributed by atoms with Crippen molar-refractivity contribution in [1.29, 1.82) is 0 Å². The maximum absolute atomic E-state index is 6.79. The van der Waals surface area contributed by atoms with Crippen LogP contribution in [0.25, 0.3) is 94.4 Å². The van der Waals surface area contributed by atoms with Crippen LogP contribution in [-0.4, -0.2) is 19.5 Å². The predicted octanol–water partition coefficient (Wildman–Crippen LogP) is 11.0. The van der Waals surface area contributed by atoms with Gasteiger partial charge in [-0.3, -0.25) is 0 Å². The molecule has 0 amide bonds. The number of furan rings is 1. The van der Waals surface area contributed by atoms with Gasteiger partial charge in [0.1, 0.15) is 5.58 Å². The molecule has 3 heterocycles. The first-order valence-corrected chi connectivity index (χ1v) is 16.0. The van der Waals surface area contributed by atoms with Crippen molar-refractivity contribution in [2.24, 2.45) is 0 Å². The minimum Gasteiger partial charge on any atom is -0.454 e. The summed E-state index contributed by atoms with van der Waals surface area (Å²) in [6.07, 6.45) is 0. The topological polar surface area (TPSA) is 56.7 Å². The van der Waals surface area contributed by atoms with Crippen molar-refractivity contribution >= 4 is 54.5 Å². The van der Waals surface area contributed by atoms with Gasteiger partial charge in [0.05, 0.1) is 16.7 Å². The van der Waals surface area contributed by atoms with Crippen LogP contribution in [0.4, 0.5) is 0 Å². The zero-order chi connectivity index (χ0) is 31.6. The molecule has 10 aromatic rings. The molecule has 0 aliphatic heterocycles. The average Bonchev–Trinajstić information content (AvgIpc) is 3.72. The van der Waals surface area contributed by atoms with Gasteiger partial charge in [0.15, 0.2) is 23.1 Å². The standard InChI is InChI=1S/C43H26N4O/c1-3-14-28(15-4-1)41-44-42(29-16-5-2-6-17-29)46-43(45-41)33-21-12-24-37-39(33)32-20-11-23-36(40(32)48-37)47-34-22-10-9-19-31(34)38-30-18-8-7-13-27(30)25-26-35(38)47/h1-26H. The molecule has 0 radical (unpaired) electrons. The molecular formula is C43H26N4O. The fourth-order valence-corrected chi connectivity index (χ4v) is 7.12. The zero-order valence-electron chi connectivity index (χ0n) is 25.7. The van der Waals surface area contributed by atoms with Crippen molar-refractivity contribution in [2.75, 3.05) is 0 Å². The molecule has 0 fully saturated rings. The highest BCUT2D eigenvalue weighted by Crippen LogP contribution is 2.42. The van der Waals surface area contributed by atoms with Crippen molar-refractivity contribution in [3.63, 3.8) is 0 Å². The van der Waals surface area contributed by atoms with Gasteiger partial charge in [0.2, 0.25) is 0 Å². The van der Waals surface area contributed by atoms with E-state index in [9.17, 15) is 0 Å². The fraction of sp³-hybridized carbons (Fsp3) is 0. The molecular weight excluding hydrogens is 589 g/mol. The van der Waals surface area contributed by atoms with Crippen molar-refractivity contribution in [3.05, 3.63) is 158 Å². The van der Waals surface area contributed by atoms with Gasteiger partial charge in [0.25, 0.3) is 0 Å². The molecule has 0 aliphatic carbocycles. The van der Waals surface area contributed by atoms with E-state index in [1.807, 2.05) is 72.8 Å². The Morgan fingerprint density at radius 1 is 0.417 bits per heavy atom. The molecule has 0 bridgehead atoms. The van der Waals surface area contributed by atoms with Crippen molar-refractivity contribution < 1.29 is 4.42 Å². The summed E-state index contributed by atoms with van der Waals surface area (Å²) in [4.78, 5) is 15.0. The lowest BCUT2D eigenvalue weighted by molar-refractivity contribution is 0.666. The molecule has 0 saturated heterocycles. The number of nitrogens with zero attached hydrogens (tertiary/aromatic N) is 4. The van der Waals surface area contributed by atoms with Gasteiger partial charge in [-0.1, -0.05) is 133 Å². The molecule has 5 heteroatoms. The Morgan fingerprint density at radius 3 is 1.81 bits per heavy atom. The number of para-hydroxylation sites is 2. The first-order chi connectivity index (χ1) is 23.8. The van der Waals surface area contributed by atoms with Crippen LogP contribution in [0.15, 0.2) is 162 Å². The summed E-state index contributed by atoms with van der Waals surface area (Å²) >= 11 is 0. The molecule has 0 unspecified atom stereocenters. The van der Waals surface area contributed by atoms with E-state index >= 15 is 0 Å². The van der Waals surface area contributed by atoms with Crippen molar-refractivity contribution in [2.45, 2.75) is 0 Å². The highest BCUT2D eigenvalue weighted by atomic mass is 16.3. The average molecular weight is 615 g/mol. The third-order valence-corrected chi connectivity index (χ3v) is 9.25. The van der Waals surface area contributed by atoms with E-state index in [2.05, 4.69) is 89.5 Å². The third-order valence-electron chi connectivity index (χ3n) is 9.25. The summed E-state index contributed by atoms with van der Waals surface area (Å²) in [7, 11) is 0. The molecule has 224 valence electrons. The Morgan fingerprint density at radius 2 is 1.04 bits per heavy atom. The maximum atomic E-state index is 6.79. The van der Waals surface area contributed by atoms with E-state index in [0.717, 1.165) is 55.3 Å². The molecule has 48 heavy (non-hydrogen) atoms. The van der Waals surface area contributed by atoms with Crippen LogP contribution in [0.5, 0.6) is 0 Å². The number of benzene rings is 7. The van der Waals surface area contributed by atoms with Gasteiger partial charge in [-0.15, -0.1) is 0 Å². The number of rotatable bonds is 4. The van der Waals surface area contributed by atoms with E-state index in [1.54, 1.807) is 0 Å². The van der Waals surface area contributed by atoms with Crippen molar-refractivity contribution in [1.82, 2.24) is 19.5 Å². The van der Waals surface area contributed by atoms with Crippen LogP contribution < -0.4 is 0 Å². The van der Waals surface area contributed by atoms with Crippen LogP contribution in [0.3, 0.4) is 0 Å². The van der Waals surface area contributed by atoms with Crippen LogP contribution >= 0.6 is 0 Å². The highest BCUT2D eigenvalue weighted by molar-refractivity contribution is 6.22. The molecule has 7 aromatic carbocycles. The van der Waals surface area contributed by atoms with Gasteiger partial charge in [0, 0.05) is 38.2 Å². The van der Waals surface area contributed by atoms with E-state index in [-0.39, 0.29) is 0 Å². The largest absolute Gasteiger partial charge is 0.454 e. The van der Waals surface area contributed by atoms with Gasteiger partial charge in [-0.05, 0) is 35.0 Å². The smallest absolute Gasteiger partial charge is 0.164 e. The Balaban J connectivity index is 1.25. The SMILES string of the molecule is c1ccc(-c2nc(-c3ccccc3)nc(-c3cccc4oc5c(-n6c7ccccc7c7c8ccccc8ccc76)cccc5c34)n2)cc1. The number of hydrogen-bond acceptors (Lipinski definition) is 4. The summed E-state index contributed by atoms with van der Waals surface area (Å²) in [5.41, 5.74) is 7.62. The Labute approximate surface area is 275 Å². The molecule has 0 aliphatic rings. The summed E-state index contributed by atoms with van der Waals surface area (Å²) in [6, 6.07) is 54.3. The molecule has 0 saturated carbocycles. The van der Waals surface area contributed by atoms with Crippen molar-refractivity contribution in [3.8, 4) is 39.9 Å². The fourth-order valence-electron chi connectivity index (χ4n) is 7.12. The van der Waals surface area contributed by atoms with Crippen LogP contribution in [0, 0.1) is 0 Å². The van der Waals surface area contributed by atoms with Gasteiger partial charge >= 0.3 is 0 Å². The first-order valence-electron chi connectivity index (χ1n) is 16.0. The molecule has 0 spiro atoms. The second-order valence-electron chi connectivity index (χ2n) is 12.0. The van der Waals surface area contributed by atoms with E-state index in [1.165, 1.54) is 21.5 Å². The number of fused-ring (bicyclic) bond motifs is 8. The number of aromatic nitrogens is 4. The molecule has 5 nitrogen and oxygen atoms in total. The lowest BCUT2D eigenvalue weighted by Gasteiger charge is -2.10. The minimum atomic E-state index is 0.602. The second-order valence-corrected chi connectivity index (χ2v) is 12.0. The van der Waals surface area contributed by atoms with Gasteiger partial charge in [-0.25, -0.2) is 15.0 Å². The molecule has 3 aromatic heterocycles. The molecule has 0 N–H and O–H groups in total. The summed E-state index contributed by atoms with van der Waals surface area (Å²) in [6.45, 7) is 0. The van der Waals surface area contributed by atoms with Crippen LogP contribution in [0.2, 0.25) is 0 Å². The summed E-state index contributed by atoms with van der Waals surface area (Å²) < 4.78 is 9.13. The summed E-state index contributed by atoms with van der Waals surface area (Å²) in [5, 5.41) is 6.90. The quantitative estimate of drug-likeness (QED) is 0.198. The third kappa shape index (κ3) is 4.01. The lowest BCUT2D eigenvalue weighted by atomic mass is 10.0. The highest BCUT2D eigenvalue weighted by Gasteiger charge is 2.22. The minimum absolute atomic E-state index is 0.602. The van der Waals surface area contributed by atoms with Crippen LogP contribution in [0.1, 0.15) is 0 Å². The zero-order valence-corrected chi connectivity index (χ0v) is 25.7. The molecule has 10 rings (SSSR count). The maximum Gasteiger partial charge on any atom is 0.164 e. The summed E-state index contributed by atoms with van der Waals surface area (Å²) in [5.74, 6) is 1.86.